The number of hydrogen-bond acceptors (Lipinski definition) is 6. The van der Waals surface area contributed by atoms with Gasteiger partial charge in [0.2, 0.25) is 0 Å². The molecule has 0 saturated heterocycles. The Hall–Kier alpha value is -1.84. The Kier molecular flexibility index (Phi) is 3.04. The highest BCUT2D eigenvalue weighted by Gasteiger charge is 2.27. The van der Waals surface area contributed by atoms with Crippen molar-refractivity contribution in [3.63, 3.8) is 0 Å². The molecule has 106 valence electrons. The highest BCUT2D eigenvalue weighted by molar-refractivity contribution is 7.89. The van der Waals surface area contributed by atoms with Gasteiger partial charge in [-0.3, -0.25) is 4.40 Å². The van der Waals surface area contributed by atoms with Gasteiger partial charge < -0.3 is 10.2 Å². The minimum absolute atomic E-state index is 0.0176. The van der Waals surface area contributed by atoms with E-state index >= 15 is 0 Å². The van der Waals surface area contributed by atoms with Crippen molar-refractivity contribution >= 4 is 32.1 Å². The van der Waals surface area contributed by atoms with Gasteiger partial charge in [-0.05, 0) is 19.1 Å². The molecule has 3 N–H and O–H groups in total. The molecule has 0 aliphatic rings. The van der Waals surface area contributed by atoms with Gasteiger partial charge in [0.25, 0.3) is 10.0 Å². The lowest BCUT2D eigenvalue weighted by Gasteiger charge is -2.11. The second-order valence-electron chi connectivity index (χ2n) is 4.22. The summed E-state index contributed by atoms with van der Waals surface area (Å²) < 4.78 is 34.0. The van der Waals surface area contributed by atoms with Crippen molar-refractivity contribution in [3.05, 3.63) is 35.7 Å². The fourth-order valence-electron chi connectivity index (χ4n) is 1.93. The highest BCUT2D eigenvalue weighted by Crippen LogP contribution is 2.25. The van der Waals surface area contributed by atoms with Gasteiger partial charge in [0.1, 0.15) is 5.76 Å². The predicted molar refractivity (Wildman–Crippen MR) is 74.9 cm³/mol. The summed E-state index contributed by atoms with van der Waals surface area (Å²) in [5.74, 6) is 0.509. The molecule has 1 atom stereocenters. The normalized spacial score (nSPS) is 13.8. The first-order valence-corrected chi connectivity index (χ1v) is 8.12. The maximum absolute atomic E-state index is 12.4. The zero-order chi connectivity index (χ0) is 14.3. The molecule has 3 heterocycles. The molecule has 0 bridgehead atoms. The van der Waals surface area contributed by atoms with Crippen LogP contribution in [0.5, 0.6) is 0 Å². The summed E-state index contributed by atoms with van der Waals surface area (Å²) in [5.41, 5.74) is 5.71. The first kappa shape index (κ1) is 13.2. The number of hydrogen-bond donors (Lipinski definition) is 2. The van der Waals surface area contributed by atoms with Gasteiger partial charge in [-0.1, -0.05) is 0 Å². The fourth-order valence-corrected chi connectivity index (χ4v) is 4.13. The molecule has 0 aliphatic heterocycles. The molecule has 0 saturated carbocycles. The summed E-state index contributed by atoms with van der Waals surface area (Å²) in [7, 11) is -3.80. The van der Waals surface area contributed by atoms with Gasteiger partial charge in [0.15, 0.2) is 15.8 Å². The van der Waals surface area contributed by atoms with Crippen LogP contribution in [0.15, 0.2) is 39.4 Å². The smallest absolute Gasteiger partial charge is 0.261 e. The predicted octanol–water partition coefficient (Wildman–Crippen LogP) is 1.61. The molecule has 1 unspecified atom stereocenters. The van der Waals surface area contributed by atoms with Gasteiger partial charge in [0, 0.05) is 11.6 Å². The first-order chi connectivity index (χ1) is 9.49. The maximum atomic E-state index is 12.4. The number of aromatic nitrogens is 2. The molecule has 3 aromatic heterocycles. The number of rotatable bonds is 4. The van der Waals surface area contributed by atoms with E-state index in [1.165, 1.54) is 22.0 Å². The molecular formula is C11H12N4O3S2. The second-order valence-corrected chi connectivity index (χ2v) is 6.72. The Balaban J connectivity index is 2.00. The summed E-state index contributed by atoms with van der Waals surface area (Å²) in [6.07, 6.45) is 3.11. The SMILES string of the molecule is CC(NS(=O)(=O)c1c(N)nc2sccn12)c1ccco1. The van der Waals surface area contributed by atoms with E-state index < -0.39 is 16.1 Å². The lowest BCUT2D eigenvalue weighted by molar-refractivity contribution is 0.459. The zero-order valence-electron chi connectivity index (χ0n) is 10.5. The van der Waals surface area contributed by atoms with Crippen molar-refractivity contribution in [2.45, 2.75) is 18.0 Å². The van der Waals surface area contributed by atoms with E-state index in [9.17, 15) is 8.42 Å². The van der Waals surface area contributed by atoms with E-state index in [0.717, 1.165) is 0 Å². The monoisotopic (exact) mass is 312 g/mol. The van der Waals surface area contributed by atoms with E-state index in [4.69, 9.17) is 10.2 Å². The lowest BCUT2D eigenvalue weighted by atomic mass is 10.3. The number of fused-ring (bicyclic) bond motifs is 1. The van der Waals surface area contributed by atoms with E-state index in [-0.39, 0.29) is 10.8 Å². The minimum atomic E-state index is -3.80. The molecule has 0 spiro atoms. The summed E-state index contributed by atoms with van der Waals surface area (Å²) in [5, 5.41) is 1.70. The van der Waals surface area contributed by atoms with Crippen LogP contribution < -0.4 is 10.5 Å². The third-order valence-corrected chi connectivity index (χ3v) is 5.14. The van der Waals surface area contributed by atoms with Crippen LogP contribution in [0.4, 0.5) is 5.82 Å². The van der Waals surface area contributed by atoms with Gasteiger partial charge in [0.05, 0.1) is 12.3 Å². The number of nitrogens with zero attached hydrogens (tertiary/aromatic N) is 2. The number of nitrogens with two attached hydrogens (primary N) is 1. The summed E-state index contributed by atoms with van der Waals surface area (Å²) >= 11 is 1.32. The molecule has 20 heavy (non-hydrogen) atoms. The lowest BCUT2D eigenvalue weighted by Crippen LogP contribution is -2.28. The number of nitrogens with one attached hydrogen (secondary N) is 1. The van der Waals surface area contributed by atoms with Crippen LogP contribution >= 0.6 is 11.3 Å². The van der Waals surface area contributed by atoms with Gasteiger partial charge in [-0.15, -0.1) is 11.3 Å². The molecule has 0 aliphatic carbocycles. The van der Waals surface area contributed by atoms with Crippen LogP contribution in [-0.2, 0) is 10.0 Å². The number of thiazole rings is 1. The molecule has 0 amide bonds. The van der Waals surface area contributed by atoms with Crippen LogP contribution in [0.25, 0.3) is 4.96 Å². The first-order valence-electron chi connectivity index (χ1n) is 5.76. The van der Waals surface area contributed by atoms with Crippen LogP contribution in [0, 0.1) is 0 Å². The van der Waals surface area contributed by atoms with E-state index in [0.29, 0.717) is 10.7 Å². The Morgan fingerprint density at radius 3 is 3.05 bits per heavy atom. The van der Waals surface area contributed by atoms with Crippen LogP contribution in [0.2, 0.25) is 0 Å². The summed E-state index contributed by atoms with van der Waals surface area (Å²) in [4.78, 5) is 4.56. The van der Waals surface area contributed by atoms with E-state index in [1.807, 2.05) is 0 Å². The number of anilines is 1. The van der Waals surface area contributed by atoms with E-state index in [2.05, 4.69) is 9.71 Å². The van der Waals surface area contributed by atoms with Crippen LogP contribution in [-0.4, -0.2) is 17.8 Å². The third-order valence-electron chi connectivity index (χ3n) is 2.80. The second kappa shape index (κ2) is 4.62. The van der Waals surface area contributed by atoms with Crippen molar-refractivity contribution < 1.29 is 12.8 Å². The Labute approximate surface area is 119 Å². The average Bonchev–Trinajstić information content (AvgIpc) is 3.01. The Bertz CT molecular complexity index is 832. The van der Waals surface area contributed by atoms with Crippen molar-refractivity contribution in [1.29, 1.82) is 0 Å². The molecule has 0 aromatic carbocycles. The maximum Gasteiger partial charge on any atom is 0.261 e. The van der Waals surface area contributed by atoms with Gasteiger partial charge in [-0.2, -0.15) is 4.72 Å². The Morgan fingerprint density at radius 2 is 2.35 bits per heavy atom. The van der Waals surface area contributed by atoms with Crippen molar-refractivity contribution in [2.75, 3.05) is 5.73 Å². The quantitative estimate of drug-likeness (QED) is 0.762. The van der Waals surface area contributed by atoms with Crippen LogP contribution in [0.3, 0.4) is 0 Å². The molecule has 9 heteroatoms. The fraction of sp³-hybridized carbons (Fsp3) is 0.182. The average molecular weight is 312 g/mol. The van der Waals surface area contributed by atoms with Crippen molar-refractivity contribution in [1.82, 2.24) is 14.1 Å². The molecule has 0 radical (unpaired) electrons. The Morgan fingerprint density at radius 1 is 1.55 bits per heavy atom. The minimum Gasteiger partial charge on any atom is -0.468 e. The van der Waals surface area contributed by atoms with Crippen molar-refractivity contribution in [2.24, 2.45) is 0 Å². The topological polar surface area (TPSA) is 103 Å². The molecule has 0 fully saturated rings. The molecular weight excluding hydrogens is 300 g/mol. The number of imidazole rings is 1. The number of sulfonamides is 1. The highest BCUT2D eigenvalue weighted by atomic mass is 32.2. The largest absolute Gasteiger partial charge is 0.468 e. The van der Waals surface area contributed by atoms with Gasteiger partial charge in [-0.25, -0.2) is 13.4 Å². The van der Waals surface area contributed by atoms with E-state index in [1.54, 1.807) is 30.6 Å². The van der Waals surface area contributed by atoms with Gasteiger partial charge >= 0.3 is 0 Å². The zero-order valence-corrected chi connectivity index (χ0v) is 12.1. The molecule has 3 aromatic rings. The number of nitrogen functional groups attached to an aromatic ring is 1. The summed E-state index contributed by atoms with van der Waals surface area (Å²) in [6, 6.07) is 2.90. The molecule has 7 nitrogen and oxygen atoms in total. The van der Waals surface area contributed by atoms with Crippen molar-refractivity contribution in [3.8, 4) is 0 Å². The standard InChI is InChI=1S/C11H12N4O3S2/c1-7(8-3-2-5-18-8)14-20(16,17)10-9(12)13-11-15(10)4-6-19-11/h2-7,14H,12H2,1H3. The number of furan rings is 1. The molecule has 3 rings (SSSR count). The third kappa shape index (κ3) is 2.09. The van der Waals surface area contributed by atoms with Crippen LogP contribution in [0.1, 0.15) is 18.7 Å². The summed E-state index contributed by atoms with van der Waals surface area (Å²) in [6.45, 7) is 1.69.